The van der Waals surface area contributed by atoms with Gasteiger partial charge in [-0.1, -0.05) is 23.2 Å². The highest BCUT2D eigenvalue weighted by molar-refractivity contribution is 6.37. The van der Waals surface area contributed by atoms with Crippen molar-refractivity contribution in [1.82, 2.24) is 15.4 Å². The van der Waals surface area contributed by atoms with Crippen molar-refractivity contribution in [3.8, 4) is 17.0 Å². The summed E-state index contributed by atoms with van der Waals surface area (Å²) in [6, 6.07) is 2.63. The Bertz CT molecular complexity index is 597. The molecule has 1 amide bonds. The fraction of sp³-hybridized carbons (Fsp3) is 0. The smallest absolute Gasteiger partial charge is 0.271 e. The van der Waals surface area contributed by atoms with Crippen molar-refractivity contribution >= 4 is 29.1 Å². The van der Waals surface area contributed by atoms with Crippen LogP contribution in [0.15, 0.2) is 12.1 Å². The van der Waals surface area contributed by atoms with Crippen molar-refractivity contribution in [3.05, 3.63) is 27.9 Å². The molecule has 0 aliphatic rings. The summed E-state index contributed by atoms with van der Waals surface area (Å²) in [6.07, 6.45) is 0. The minimum absolute atomic E-state index is 0.0615. The Morgan fingerprint density at radius 3 is 2.65 bits per heavy atom. The molecule has 0 radical (unpaired) electrons. The molecule has 6 nitrogen and oxygen atoms in total. The maximum absolute atomic E-state index is 11.1. The standard InChI is InChI=1S/C9H6Cl2N4O2/c10-4-2-5(11)6(16)1-3(4)7-8(9(12)17)14-15-13-7/h1-2,16H,(H2,12,17)(H,13,14,15). The number of benzene rings is 1. The molecule has 0 atom stereocenters. The molecular formula is C9H6Cl2N4O2. The Balaban J connectivity index is 2.64. The van der Waals surface area contributed by atoms with E-state index in [4.69, 9.17) is 28.9 Å². The van der Waals surface area contributed by atoms with Crippen molar-refractivity contribution in [2.75, 3.05) is 0 Å². The third-order valence-electron chi connectivity index (χ3n) is 2.07. The largest absolute Gasteiger partial charge is 0.506 e. The molecule has 17 heavy (non-hydrogen) atoms. The first-order valence-electron chi connectivity index (χ1n) is 4.39. The first-order valence-corrected chi connectivity index (χ1v) is 5.15. The number of primary amides is 1. The first kappa shape index (κ1) is 11.7. The van der Waals surface area contributed by atoms with E-state index < -0.39 is 5.91 Å². The minimum Gasteiger partial charge on any atom is -0.506 e. The number of halogens is 2. The molecule has 0 bridgehead atoms. The van der Waals surface area contributed by atoms with E-state index in [1.54, 1.807) is 0 Å². The Labute approximate surface area is 105 Å². The van der Waals surface area contributed by atoms with Gasteiger partial charge in [0.1, 0.15) is 11.4 Å². The lowest BCUT2D eigenvalue weighted by molar-refractivity contribution is 0.0996. The number of nitrogens with one attached hydrogen (secondary N) is 1. The molecule has 0 saturated heterocycles. The molecule has 1 aromatic heterocycles. The van der Waals surface area contributed by atoms with Crippen LogP contribution in [-0.2, 0) is 0 Å². The molecule has 8 heteroatoms. The number of H-pyrrole nitrogens is 1. The molecule has 0 spiro atoms. The number of hydrogen-bond donors (Lipinski definition) is 3. The Kier molecular flexibility index (Phi) is 2.91. The van der Waals surface area contributed by atoms with Gasteiger partial charge in [0, 0.05) is 5.56 Å². The van der Waals surface area contributed by atoms with Crippen LogP contribution in [0.2, 0.25) is 10.0 Å². The summed E-state index contributed by atoms with van der Waals surface area (Å²) in [6.45, 7) is 0. The van der Waals surface area contributed by atoms with Crippen molar-refractivity contribution in [2.45, 2.75) is 0 Å². The molecule has 0 unspecified atom stereocenters. The van der Waals surface area contributed by atoms with Crippen LogP contribution in [0.1, 0.15) is 10.5 Å². The number of carbonyl (C=O) groups is 1. The summed E-state index contributed by atoms with van der Waals surface area (Å²) in [5, 5.41) is 19.4. The van der Waals surface area contributed by atoms with Gasteiger partial charge in [-0.05, 0) is 12.1 Å². The Morgan fingerprint density at radius 2 is 2.00 bits per heavy atom. The van der Waals surface area contributed by atoms with Gasteiger partial charge >= 0.3 is 0 Å². The van der Waals surface area contributed by atoms with Crippen molar-refractivity contribution in [1.29, 1.82) is 0 Å². The summed E-state index contributed by atoms with van der Waals surface area (Å²) in [5.74, 6) is -0.927. The minimum atomic E-state index is -0.751. The van der Waals surface area contributed by atoms with E-state index in [0.29, 0.717) is 5.56 Å². The van der Waals surface area contributed by atoms with Crippen LogP contribution >= 0.6 is 23.2 Å². The average molecular weight is 273 g/mol. The quantitative estimate of drug-likeness (QED) is 0.772. The molecule has 2 rings (SSSR count). The van der Waals surface area contributed by atoms with Crippen molar-refractivity contribution in [3.63, 3.8) is 0 Å². The number of carbonyl (C=O) groups excluding carboxylic acids is 1. The molecule has 0 aliphatic carbocycles. The van der Waals surface area contributed by atoms with Gasteiger partial charge in [-0.25, -0.2) is 0 Å². The van der Waals surface area contributed by atoms with E-state index in [1.165, 1.54) is 12.1 Å². The second-order valence-electron chi connectivity index (χ2n) is 3.17. The SMILES string of the molecule is NC(=O)c1n[nH]nc1-c1cc(O)c(Cl)cc1Cl. The zero-order valence-electron chi connectivity index (χ0n) is 8.24. The fourth-order valence-corrected chi connectivity index (χ4v) is 1.78. The van der Waals surface area contributed by atoms with Gasteiger partial charge in [-0.2, -0.15) is 15.4 Å². The maximum Gasteiger partial charge on any atom is 0.271 e. The van der Waals surface area contributed by atoms with Crippen LogP contribution in [0.4, 0.5) is 0 Å². The lowest BCUT2D eigenvalue weighted by Gasteiger charge is -2.04. The third kappa shape index (κ3) is 2.04. The molecule has 2 aromatic rings. The summed E-state index contributed by atoms with van der Waals surface area (Å²) in [7, 11) is 0. The van der Waals surface area contributed by atoms with E-state index in [0.717, 1.165) is 0 Å². The molecule has 0 aliphatic heterocycles. The highest BCUT2D eigenvalue weighted by Gasteiger charge is 2.19. The summed E-state index contributed by atoms with van der Waals surface area (Å²) in [5.41, 5.74) is 5.54. The van der Waals surface area contributed by atoms with Crippen LogP contribution < -0.4 is 5.73 Å². The summed E-state index contributed by atoms with van der Waals surface area (Å²) in [4.78, 5) is 11.1. The first-order chi connectivity index (χ1) is 8.00. The number of aromatic nitrogens is 3. The fourth-order valence-electron chi connectivity index (χ4n) is 1.31. The number of phenols is 1. The van der Waals surface area contributed by atoms with E-state index in [-0.39, 0.29) is 27.2 Å². The number of nitrogens with zero attached hydrogens (tertiary/aromatic N) is 2. The number of rotatable bonds is 2. The van der Waals surface area contributed by atoms with Gasteiger partial charge in [0.25, 0.3) is 5.91 Å². The van der Waals surface area contributed by atoms with E-state index in [1.807, 2.05) is 0 Å². The monoisotopic (exact) mass is 272 g/mol. The summed E-state index contributed by atoms with van der Waals surface area (Å²) < 4.78 is 0. The lowest BCUT2D eigenvalue weighted by atomic mass is 10.1. The molecule has 1 aromatic carbocycles. The Morgan fingerprint density at radius 1 is 1.29 bits per heavy atom. The van der Waals surface area contributed by atoms with Crippen LogP contribution in [0, 0.1) is 0 Å². The molecular weight excluding hydrogens is 267 g/mol. The van der Waals surface area contributed by atoms with Gasteiger partial charge in [0.2, 0.25) is 0 Å². The second-order valence-corrected chi connectivity index (χ2v) is 3.98. The predicted molar refractivity (Wildman–Crippen MR) is 62.0 cm³/mol. The topological polar surface area (TPSA) is 105 Å². The highest BCUT2D eigenvalue weighted by Crippen LogP contribution is 2.35. The second kappa shape index (κ2) is 4.23. The van der Waals surface area contributed by atoms with Gasteiger partial charge in [0.15, 0.2) is 5.69 Å². The van der Waals surface area contributed by atoms with Gasteiger partial charge in [-0.3, -0.25) is 4.79 Å². The molecule has 4 N–H and O–H groups in total. The van der Waals surface area contributed by atoms with E-state index >= 15 is 0 Å². The number of nitrogens with two attached hydrogens (primary N) is 1. The van der Waals surface area contributed by atoms with Crippen LogP contribution in [-0.4, -0.2) is 26.4 Å². The van der Waals surface area contributed by atoms with Crippen LogP contribution in [0.25, 0.3) is 11.3 Å². The number of hydrogen-bond acceptors (Lipinski definition) is 4. The molecule has 0 fully saturated rings. The van der Waals surface area contributed by atoms with Crippen LogP contribution in [0.5, 0.6) is 5.75 Å². The number of amides is 1. The molecule has 88 valence electrons. The van der Waals surface area contributed by atoms with Gasteiger partial charge in [0.05, 0.1) is 10.0 Å². The maximum atomic E-state index is 11.1. The zero-order chi connectivity index (χ0) is 12.6. The number of aromatic hydroxyl groups is 1. The summed E-state index contributed by atoms with van der Waals surface area (Å²) >= 11 is 11.6. The van der Waals surface area contributed by atoms with Crippen LogP contribution in [0.3, 0.4) is 0 Å². The normalized spacial score (nSPS) is 10.5. The third-order valence-corrected chi connectivity index (χ3v) is 2.69. The van der Waals surface area contributed by atoms with E-state index in [2.05, 4.69) is 15.4 Å². The van der Waals surface area contributed by atoms with Crippen molar-refractivity contribution < 1.29 is 9.90 Å². The average Bonchev–Trinajstić information content (AvgIpc) is 2.72. The van der Waals surface area contributed by atoms with Crippen molar-refractivity contribution in [2.24, 2.45) is 5.73 Å². The van der Waals surface area contributed by atoms with Gasteiger partial charge < -0.3 is 10.8 Å². The lowest BCUT2D eigenvalue weighted by Crippen LogP contribution is -2.12. The van der Waals surface area contributed by atoms with Gasteiger partial charge in [-0.15, -0.1) is 0 Å². The number of phenolic OH excluding ortho intramolecular Hbond substituents is 1. The molecule has 1 heterocycles. The zero-order valence-corrected chi connectivity index (χ0v) is 9.75. The number of aromatic amines is 1. The Hall–Kier alpha value is -1.79. The highest BCUT2D eigenvalue weighted by atomic mass is 35.5. The molecule has 0 saturated carbocycles. The predicted octanol–water partition coefficient (Wildman–Crippen LogP) is 1.58. The van der Waals surface area contributed by atoms with E-state index in [9.17, 15) is 9.90 Å².